The smallest absolute Gasteiger partial charge is 0.118 e. The van der Waals surface area contributed by atoms with Crippen molar-refractivity contribution in [3.63, 3.8) is 0 Å². The zero-order valence-electron chi connectivity index (χ0n) is 10.1. The van der Waals surface area contributed by atoms with Crippen LogP contribution in [-0.4, -0.2) is 5.11 Å². The molecule has 0 fully saturated rings. The van der Waals surface area contributed by atoms with E-state index in [1.54, 1.807) is 12.1 Å². The van der Waals surface area contributed by atoms with E-state index >= 15 is 0 Å². The highest BCUT2D eigenvalue weighted by Gasteiger charge is 2.05. The molecule has 0 aliphatic heterocycles. The molecule has 0 aromatic heterocycles. The molecule has 0 amide bonds. The molecule has 0 aliphatic carbocycles. The first kappa shape index (κ1) is 13.3. The van der Waals surface area contributed by atoms with Crippen LogP contribution in [0, 0.1) is 6.92 Å². The highest BCUT2D eigenvalue weighted by atomic mass is 35.5. The molecule has 0 radical (unpaired) electrons. The molecule has 0 spiro atoms. The van der Waals surface area contributed by atoms with Crippen LogP contribution in [0.4, 0.5) is 0 Å². The monoisotopic (exact) mass is 280 g/mol. The SMILES string of the molecule is Cc1c(O)cccc1CCc1ccc(Cl)cc1Cl. The minimum Gasteiger partial charge on any atom is -0.508 e. The Bertz CT molecular complexity index is 564. The first-order chi connectivity index (χ1) is 8.58. The van der Waals surface area contributed by atoms with Gasteiger partial charge in [0.2, 0.25) is 0 Å². The zero-order chi connectivity index (χ0) is 13.1. The molecule has 0 aliphatic rings. The van der Waals surface area contributed by atoms with Gasteiger partial charge in [-0.1, -0.05) is 41.4 Å². The van der Waals surface area contributed by atoms with Gasteiger partial charge in [0.1, 0.15) is 5.75 Å². The number of phenolic OH excluding ortho intramolecular Hbond substituents is 1. The molecular formula is C15H14Cl2O. The normalized spacial score (nSPS) is 10.6. The molecule has 0 atom stereocenters. The molecule has 1 nitrogen and oxygen atoms in total. The number of phenols is 1. The van der Waals surface area contributed by atoms with Gasteiger partial charge in [0.05, 0.1) is 0 Å². The van der Waals surface area contributed by atoms with E-state index in [4.69, 9.17) is 23.2 Å². The van der Waals surface area contributed by atoms with Gasteiger partial charge >= 0.3 is 0 Å². The largest absolute Gasteiger partial charge is 0.508 e. The summed E-state index contributed by atoms with van der Waals surface area (Å²) in [6, 6.07) is 11.1. The van der Waals surface area contributed by atoms with E-state index < -0.39 is 0 Å². The molecule has 0 heterocycles. The Morgan fingerprint density at radius 2 is 1.72 bits per heavy atom. The molecular weight excluding hydrogens is 267 g/mol. The Morgan fingerprint density at radius 1 is 1.00 bits per heavy atom. The van der Waals surface area contributed by atoms with Crippen molar-refractivity contribution in [2.45, 2.75) is 19.8 Å². The molecule has 0 unspecified atom stereocenters. The topological polar surface area (TPSA) is 20.2 Å². The van der Waals surface area contributed by atoms with Crippen molar-refractivity contribution in [2.24, 2.45) is 0 Å². The van der Waals surface area contributed by atoms with Crippen LogP contribution >= 0.6 is 23.2 Å². The molecule has 0 bridgehead atoms. The summed E-state index contributed by atoms with van der Waals surface area (Å²) in [6.45, 7) is 1.92. The van der Waals surface area contributed by atoms with Gasteiger partial charge in [-0.3, -0.25) is 0 Å². The van der Waals surface area contributed by atoms with Crippen molar-refractivity contribution >= 4 is 23.2 Å². The van der Waals surface area contributed by atoms with E-state index in [0.29, 0.717) is 15.8 Å². The van der Waals surface area contributed by atoms with Crippen LogP contribution in [0.5, 0.6) is 5.75 Å². The Balaban J connectivity index is 2.14. The summed E-state index contributed by atoms with van der Waals surface area (Å²) in [5.41, 5.74) is 3.15. The lowest BCUT2D eigenvalue weighted by Gasteiger charge is -2.08. The van der Waals surface area contributed by atoms with Crippen molar-refractivity contribution in [1.82, 2.24) is 0 Å². The number of benzene rings is 2. The van der Waals surface area contributed by atoms with E-state index in [2.05, 4.69) is 0 Å². The van der Waals surface area contributed by atoms with Crippen LogP contribution in [0.2, 0.25) is 10.0 Å². The van der Waals surface area contributed by atoms with Crippen molar-refractivity contribution in [3.05, 3.63) is 63.1 Å². The van der Waals surface area contributed by atoms with Crippen LogP contribution in [0.15, 0.2) is 36.4 Å². The summed E-state index contributed by atoms with van der Waals surface area (Å²) in [5.74, 6) is 0.342. The van der Waals surface area contributed by atoms with Gasteiger partial charge in [-0.15, -0.1) is 0 Å². The van der Waals surface area contributed by atoms with E-state index in [0.717, 1.165) is 29.5 Å². The van der Waals surface area contributed by atoms with E-state index in [1.807, 2.05) is 31.2 Å². The number of hydrogen-bond donors (Lipinski definition) is 1. The molecule has 18 heavy (non-hydrogen) atoms. The van der Waals surface area contributed by atoms with Gasteiger partial charge in [-0.05, 0) is 54.7 Å². The van der Waals surface area contributed by atoms with Gasteiger partial charge in [0.15, 0.2) is 0 Å². The predicted octanol–water partition coefficient (Wildman–Crippen LogP) is 4.79. The Hall–Kier alpha value is -1.18. The number of hydrogen-bond acceptors (Lipinski definition) is 1. The van der Waals surface area contributed by atoms with Crippen LogP contribution in [-0.2, 0) is 12.8 Å². The fourth-order valence-electron chi connectivity index (χ4n) is 1.93. The molecule has 2 rings (SSSR count). The van der Waals surface area contributed by atoms with Crippen molar-refractivity contribution in [3.8, 4) is 5.75 Å². The fourth-order valence-corrected chi connectivity index (χ4v) is 2.44. The third-order valence-corrected chi connectivity index (χ3v) is 3.68. The fraction of sp³-hybridized carbons (Fsp3) is 0.200. The highest BCUT2D eigenvalue weighted by Crippen LogP contribution is 2.24. The van der Waals surface area contributed by atoms with Gasteiger partial charge in [-0.2, -0.15) is 0 Å². The number of aromatic hydroxyl groups is 1. The number of halogens is 2. The lowest BCUT2D eigenvalue weighted by atomic mass is 10.00. The second kappa shape index (κ2) is 5.64. The number of rotatable bonds is 3. The quantitative estimate of drug-likeness (QED) is 0.857. The van der Waals surface area contributed by atoms with Crippen LogP contribution in [0.1, 0.15) is 16.7 Å². The summed E-state index contributed by atoms with van der Waals surface area (Å²) in [7, 11) is 0. The zero-order valence-corrected chi connectivity index (χ0v) is 11.6. The maximum absolute atomic E-state index is 9.64. The molecule has 1 N–H and O–H groups in total. The summed E-state index contributed by atoms with van der Waals surface area (Å²) < 4.78 is 0. The Kier molecular flexibility index (Phi) is 4.15. The summed E-state index contributed by atoms with van der Waals surface area (Å²) >= 11 is 12.0. The standard InChI is InChI=1S/C15H14Cl2O/c1-10-11(3-2-4-15(10)18)5-6-12-7-8-13(16)9-14(12)17/h2-4,7-9,18H,5-6H2,1H3. The van der Waals surface area contributed by atoms with Crippen LogP contribution in [0.3, 0.4) is 0 Å². The van der Waals surface area contributed by atoms with E-state index in [9.17, 15) is 5.11 Å². The Morgan fingerprint density at radius 3 is 2.44 bits per heavy atom. The summed E-state index contributed by atoms with van der Waals surface area (Å²) in [5, 5.41) is 11.0. The predicted molar refractivity (Wildman–Crippen MR) is 76.7 cm³/mol. The first-order valence-corrected chi connectivity index (χ1v) is 6.55. The molecule has 94 valence electrons. The van der Waals surface area contributed by atoms with Gasteiger partial charge in [-0.25, -0.2) is 0 Å². The molecule has 2 aromatic carbocycles. The van der Waals surface area contributed by atoms with Crippen molar-refractivity contribution in [2.75, 3.05) is 0 Å². The van der Waals surface area contributed by atoms with Gasteiger partial charge in [0, 0.05) is 10.0 Å². The second-order valence-electron chi connectivity index (χ2n) is 4.30. The maximum atomic E-state index is 9.64. The average Bonchev–Trinajstić information content (AvgIpc) is 2.33. The maximum Gasteiger partial charge on any atom is 0.118 e. The molecule has 2 aromatic rings. The molecule has 0 saturated carbocycles. The van der Waals surface area contributed by atoms with Gasteiger partial charge in [0.25, 0.3) is 0 Å². The van der Waals surface area contributed by atoms with E-state index in [1.165, 1.54) is 0 Å². The van der Waals surface area contributed by atoms with Crippen LogP contribution < -0.4 is 0 Å². The Labute approximate surface area is 117 Å². The highest BCUT2D eigenvalue weighted by molar-refractivity contribution is 6.35. The van der Waals surface area contributed by atoms with E-state index in [-0.39, 0.29) is 0 Å². The minimum atomic E-state index is 0.342. The van der Waals surface area contributed by atoms with Crippen LogP contribution in [0.25, 0.3) is 0 Å². The first-order valence-electron chi connectivity index (χ1n) is 5.79. The average molecular weight is 281 g/mol. The van der Waals surface area contributed by atoms with Crippen molar-refractivity contribution in [1.29, 1.82) is 0 Å². The third-order valence-electron chi connectivity index (χ3n) is 3.10. The number of aryl methyl sites for hydroxylation is 2. The summed E-state index contributed by atoms with van der Waals surface area (Å²) in [6.07, 6.45) is 1.68. The second-order valence-corrected chi connectivity index (χ2v) is 5.14. The minimum absolute atomic E-state index is 0.342. The summed E-state index contributed by atoms with van der Waals surface area (Å²) in [4.78, 5) is 0. The lowest BCUT2D eigenvalue weighted by molar-refractivity contribution is 0.470. The lowest BCUT2D eigenvalue weighted by Crippen LogP contribution is -1.95. The molecule has 0 saturated heterocycles. The van der Waals surface area contributed by atoms with Gasteiger partial charge < -0.3 is 5.11 Å². The molecule has 3 heteroatoms. The van der Waals surface area contributed by atoms with Crippen molar-refractivity contribution < 1.29 is 5.11 Å². The third kappa shape index (κ3) is 2.98.